The van der Waals surface area contributed by atoms with E-state index in [2.05, 4.69) is 27.5 Å². The Morgan fingerprint density at radius 3 is 2.68 bits per heavy atom. The van der Waals surface area contributed by atoms with Crippen molar-refractivity contribution in [3.63, 3.8) is 0 Å². The second-order valence-electron chi connectivity index (χ2n) is 5.05. The van der Waals surface area contributed by atoms with Gasteiger partial charge in [-0.25, -0.2) is 4.98 Å². The first-order valence-electron chi connectivity index (χ1n) is 7.21. The van der Waals surface area contributed by atoms with Crippen molar-refractivity contribution >= 4 is 5.95 Å². The highest BCUT2D eigenvalue weighted by Crippen LogP contribution is 2.21. The van der Waals surface area contributed by atoms with Crippen LogP contribution in [-0.4, -0.2) is 35.7 Å². The van der Waals surface area contributed by atoms with Gasteiger partial charge in [-0.3, -0.25) is 0 Å². The standard InChI is InChI=1S/C14H24N4O/c1-3-10-19-13-8-9-16-14(18-13)17-12-6-4-11(15-2)5-7-12/h8-9,11-12,15H,3-7,10H2,1-2H3,(H,16,17,18). The third-order valence-corrected chi connectivity index (χ3v) is 3.55. The Hall–Kier alpha value is -1.36. The van der Waals surface area contributed by atoms with Gasteiger partial charge in [0.25, 0.3) is 0 Å². The van der Waals surface area contributed by atoms with Gasteiger partial charge < -0.3 is 15.4 Å². The molecule has 1 aromatic heterocycles. The Morgan fingerprint density at radius 1 is 1.26 bits per heavy atom. The number of hydrogen-bond acceptors (Lipinski definition) is 5. The molecule has 0 saturated heterocycles. The predicted octanol–water partition coefficient (Wildman–Crippen LogP) is 2.21. The van der Waals surface area contributed by atoms with Crippen LogP contribution in [0.15, 0.2) is 12.3 Å². The van der Waals surface area contributed by atoms with Crippen molar-refractivity contribution in [2.75, 3.05) is 19.0 Å². The number of nitrogens with one attached hydrogen (secondary N) is 2. The SMILES string of the molecule is CCCOc1ccnc(NC2CCC(NC)CC2)n1. The van der Waals surface area contributed by atoms with Crippen LogP contribution in [0.25, 0.3) is 0 Å². The van der Waals surface area contributed by atoms with E-state index in [1.807, 2.05) is 7.05 Å². The fraction of sp³-hybridized carbons (Fsp3) is 0.714. The van der Waals surface area contributed by atoms with E-state index in [0.717, 1.165) is 19.3 Å². The lowest BCUT2D eigenvalue weighted by atomic mass is 9.91. The van der Waals surface area contributed by atoms with E-state index in [4.69, 9.17) is 4.74 Å². The van der Waals surface area contributed by atoms with Crippen molar-refractivity contribution in [1.82, 2.24) is 15.3 Å². The number of hydrogen-bond donors (Lipinski definition) is 2. The lowest BCUT2D eigenvalue weighted by Gasteiger charge is -2.28. The van der Waals surface area contributed by atoms with Gasteiger partial charge in [-0.2, -0.15) is 4.98 Å². The zero-order chi connectivity index (χ0) is 13.5. The fourth-order valence-electron chi connectivity index (χ4n) is 2.41. The van der Waals surface area contributed by atoms with Gasteiger partial charge in [0, 0.05) is 24.3 Å². The molecule has 106 valence electrons. The average molecular weight is 264 g/mol. The topological polar surface area (TPSA) is 59.1 Å². The summed E-state index contributed by atoms with van der Waals surface area (Å²) >= 11 is 0. The summed E-state index contributed by atoms with van der Waals surface area (Å²) < 4.78 is 5.52. The fourth-order valence-corrected chi connectivity index (χ4v) is 2.41. The van der Waals surface area contributed by atoms with Crippen molar-refractivity contribution in [3.05, 3.63) is 12.3 Å². The van der Waals surface area contributed by atoms with Crippen molar-refractivity contribution in [3.8, 4) is 5.88 Å². The summed E-state index contributed by atoms with van der Waals surface area (Å²) in [4.78, 5) is 8.65. The number of rotatable bonds is 6. The molecule has 1 aliphatic carbocycles. The highest BCUT2D eigenvalue weighted by atomic mass is 16.5. The summed E-state index contributed by atoms with van der Waals surface area (Å²) in [6.45, 7) is 2.78. The summed E-state index contributed by atoms with van der Waals surface area (Å²) in [6.07, 6.45) is 7.48. The minimum Gasteiger partial charge on any atom is -0.478 e. The van der Waals surface area contributed by atoms with Gasteiger partial charge in [-0.15, -0.1) is 0 Å². The maximum Gasteiger partial charge on any atom is 0.226 e. The number of anilines is 1. The van der Waals surface area contributed by atoms with E-state index in [9.17, 15) is 0 Å². The van der Waals surface area contributed by atoms with E-state index in [-0.39, 0.29) is 0 Å². The molecule has 1 aromatic rings. The molecule has 0 bridgehead atoms. The van der Waals surface area contributed by atoms with Crippen LogP contribution in [0.4, 0.5) is 5.95 Å². The summed E-state index contributed by atoms with van der Waals surface area (Å²) in [5, 5.41) is 6.75. The number of aromatic nitrogens is 2. The Balaban J connectivity index is 1.85. The monoisotopic (exact) mass is 264 g/mol. The predicted molar refractivity (Wildman–Crippen MR) is 76.5 cm³/mol. The molecule has 2 rings (SSSR count). The van der Waals surface area contributed by atoms with Crippen LogP contribution >= 0.6 is 0 Å². The molecule has 0 aliphatic heterocycles. The number of ether oxygens (including phenoxy) is 1. The van der Waals surface area contributed by atoms with Gasteiger partial charge in [0.2, 0.25) is 11.8 Å². The molecule has 1 fully saturated rings. The quantitative estimate of drug-likeness (QED) is 0.825. The molecule has 0 spiro atoms. The average Bonchev–Trinajstić information content (AvgIpc) is 2.46. The molecule has 19 heavy (non-hydrogen) atoms. The highest BCUT2D eigenvalue weighted by molar-refractivity contribution is 5.29. The Morgan fingerprint density at radius 2 is 2.00 bits per heavy atom. The Labute approximate surface area is 115 Å². The Bertz CT molecular complexity index is 377. The van der Waals surface area contributed by atoms with Crippen LogP contribution in [0, 0.1) is 0 Å². The van der Waals surface area contributed by atoms with E-state index in [1.54, 1.807) is 12.3 Å². The molecular formula is C14H24N4O. The third kappa shape index (κ3) is 4.35. The summed E-state index contributed by atoms with van der Waals surface area (Å²) in [5.74, 6) is 1.34. The van der Waals surface area contributed by atoms with Gasteiger partial charge in [-0.1, -0.05) is 6.92 Å². The lowest BCUT2D eigenvalue weighted by Crippen LogP contribution is -2.35. The molecule has 0 atom stereocenters. The van der Waals surface area contributed by atoms with Crippen LogP contribution in [0.1, 0.15) is 39.0 Å². The molecule has 0 aromatic carbocycles. The third-order valence-electron chi connectivity index (χ3n) is 3.55. The molecule has 1 heterocycles. The first-order chi connectivity index (χ1) is 9.31. The summed E-state index contributed by atoms with van der Waals surface area (Å²) in [7, 11) is 2.04. The normalized spacial score (nSPS) is 23.1. The second kappa shape index (κ2) is 7.28. The molecule has 1 aliphatic rings. The maximum atomic E-state index is 5.52. The molecule has 5 nitrogen and oxygen atoms in total. The molecular weight excluding hydrogens is 240 g/mol. The highest BCUT2D eigenvalue weighted by Gasteiger charge is 2.20. The maximum absolute atomic E-state index is 5.52. The largest absolute Gasteiger partial charge is 0.478 e. The lowest BCUT2D eigenvalue weighted by molar-refractivity contribution is 0.305. The molecule has 1 saturated carbocycles. The van der Waals surface area contributed by atoms with Crippen molar-refractivity contribution in [2.24, 2.45) is 0 Å². The smallest absolute Gasteiger partial charge is 0.226 e. The zero-order valence-electron chi connectivity index (χ0n) is 11.9. The molecule has 0 amide bonds. The van der Waals surface area contributed by atoms with Crippen molar-refractivity contribution < 1.29 is 4.74 Å². The van der Waals surface area contributed by atoms with Gasteiger partial charge in [0.05, 0.1) is 6.61 Å². The Kier molecular flexibility index (Phi) is 5.39. The summed E-state index contributed by atoms with van der Waals surface area (Å²) in [5.41, 5.74) is 0. The molecule has 0 radical (unpaired) electrons. The minimum atomic E-state index is 0.478. The minimum absolute atomic E-state index is 0.478. The molecule has 2 N–H and O–H groups in total. The van der Waals surface area contributed by atoms with Crippen molar-refractivity contribution in [2.45, 2.75) is 51.1 Å². The first-order valence-corrected chi connectivity index (χ1v) is 7.21. The molecule has 5 heteroatoms. The van der Waals surface area contributed by atoms with Crippen LogP contribution in [0.3, 0.4) is 0 Å². The van der Waals surface area contributed by atoms with E-state index >= 15 is 0 Å². The molecule has 0 unspecified atom stereocenters. The van der Waals surface area contributed by atoms with Crippen molar-refractivity contribution in [1.29, 1.82) is 0 Å². The zero-order valence-corrected chi connectivity index (χ0v) is 11.9. The summed E-state index contributed by atoms with van der Waals surface area (Å²) in [6, 6.07) is 2.95. The van der Waals surface area contributed by atoms with E-state index in [0.29, 0.717) is 30.5 Å². The van der Waals surface area contributed by atoms with Gasteiger partial charge in [-0.05, 0) is 39.2 Å². The second-order valence-corrected chi connectivity index (χ2v) is 5.05. The van der Waals surface area contributed by atoms with Crippen LogP contribution < -0.4 is 15.4 Å². The first kappa shape index (κ1) is 14.1. The van der Waals surface area contributed by atoms with Crippen LogP contribution in [0.5, 0.6) is 5.88 Å². The number of nitrogens with zero attached hydrogens (tertiary/aromatic N) is 2. The van der Waals surface area contributed by atoms with Gasteiger partial charge in [0.1, 0.15) is 0 Å². The van der Waals surface area contributed by atoms with E-state index in [1.165, 1.54) is 12.8 Å². The van der Waals surface area contributed by atoms with E-state index < -0.39 is 0 Å². The van der Waals surface area contributed by atoms with Crippen LogP contribution in [-0.2, 0) is 0 Å². The van der Waals surface area contributed by atoms with Gasteiger partial charge in [0.15, 0.2) is 0 Å². The van der Waals surface area contributed by atoms with Crippen LogP contribution in [0.2, 0.25) is 0 Å². The van der Waals surface area contributed by atoms with Gasteiger partial charge >= 0.3 is 0 Å².